The summed E-state index contributed by atoms with van der Waals surface area (Å²) in [5, 5.41) is 7.19. The molecule has 26 heavy (non-hydrogen) atoms. The quantitative estimate of drug-likeness (QED) is 0.736. The number of carbonyl (C=O) groups excluding carboxylic acids is 2. The Bertz CT molecular complexity index is 938. The van der Waals surface area contributed by atoms with Gasteiger partial charge < -0.3 is 10.2 Å². The lowest BCUT2D eigenvalue weighted by molar-refractivity contribution is -0.122. The van der Waals surface area contributed by atoms with Crippen LogP contribution in [-0.4, -0.2) is 23.3 Å². The standard InChI is InChI=1S/C18H14FN3O2S2/c19-12-3-5-13(6-4-12)22-9-11(8-16(22)23)17(24)21-18-20-14(10-26-18)15-2-1-7-25-15/h1-7,10-11H,8-9H2,(H,20,21,24). The lowest BCUT2D eigenvalue weighted by atomic mass is 10.1. The van der Waals surface area contributed by atoms with Crippen molar-refractivity contribution in [2.75, 3.05) is 16.8 Å². The molecule has 0 aliphatic carbocycles. The van der Waals surface area contributed by atoms with Crippen molar-refractivity contribution in [3.63, 3.8) is 0 Å². The first kappa shape index (κ1) is 16.9. The van der Waals surface area contributed by atoms with Gasteiger partial charge in [-0.25, -0.2) is 9.37 Å². The summed E-state index contributed by atoms with van der Waals surface area (Å²) >= 11 is 2.94. The Morgan fingerprint density at radius 2 is 2.04 bits per heavy atom. The van der Waals surface area contributed by atoms with Gasteiger partial charge >= 0.3 is 0 Å². The molecule has 1 aromatic carbocycles. The molecular formula is C18H14FN3O2S2. The normalized spacial score (nSPS) is 16.9. The molecule has 0 bridgehead atoms. The number of anilines is 2. The van der Waals surface area contributed by atoms with Crippen molar-refractivity contribution < 1.29 is 14.0 Å². The molecule has 2 amide bonds. The number of thiophene rings is 1. The second-order valence-electron chi connectivity index (χ2n) is 5.89. The summed E-state index contributed by atoms with van der Waals surface area (Å²) in [6, 6.07) is 9.62. The lowest BCUT2D eigenvalue weighted by Gasteiger charge is -2.16. The van der Waals surface area contributed by atoms with Crippen LogP contribution in [0, 0.1) is 11.7 Å². The average molecular weight is 387 g/mol. The minimum atomic E-state index is -0.457. The molecule has 132 valence electrons. The monoisotopic (exact) mass is 387 g/mol. The van der Waals surface area contributed by atoms with E-state index in [9.17, 15) is 14.0 Å². The third-order valence-corrected chi connectivity index (χ3v) is 5.79. The number of halogens is 1. The smallest absolute Gasteiger partial charge is 0.231 e. The maximum Gasteiger partial charge on any atom is 0.231 e. The van der Waals surface area contributed by atoms with Gasteiger partial charge in [-0.3, -0.25) is 9.59 Å². The lowest BCUT2D eigenvalue weighted by Crippen LogP contribution is -2.28. The number of thiazole rings is 1. The summed E-state index contributed by atoms with van der Waals surface area (Å²) in [5.41, 5.74) is 1.43. The Kier molecular flexibility index (Phi) is 4.52. The molecular weight excluding hydrogens is 373 g/mol. The number of amides is 2. The molecule has 5 nitrogen and oxygen atoms in total. The molecule has 1 atom stereocenters. The highest BCUT2D eigenvalue weighted by atomic mass is 32.1. The van der Waals surface area contributed by atoms with Crippen molar-refractivity contribution in [1.82, 2.24) is 4.98 Å². The number of aromatic nitrogens is 1. The van der Waals surface area contributed by atoms with Crippen LogP contribution in [0.4, 0.5) is 15.2 Å². The molecule has 1 N–H and O–H groups in total. The van der Waals surface area contributed by atoms with Crippen molar-refractivity contribution in [3.8, 4) is 10.6 Å². The number of nitrogens with zero attached hydrogens (tertiary/aromatic N) is 2. The molecule has 1 fully saturated rings. The summed E-state index contributed by atoms with van der Waals surface area (Å²) in [5.74, 6) is -1.19. The molecule has 0 spiro atoms. The number of benzene rings is 1. The zero-order valence-electron chi connectivity index (χ0n) is 13.5. The Balaban J connectivity index is 1.43. The fraction of sp³-hybridized carbons (Fsp3) is 0.167. The highest BCUT2D eigenvalue weighted by molar-refractivity contribution is 7.16. The zero-order valence-corrected chi connectivity index (χ0v) is 15.1. The topological polar surface area (TPSA) is 62.3 Å². The van der Waals surface area contributed by atoms with E-state index in [1.807, 2.05) is 22.9 Å². The fourth-order valence-corrected chi connectivity index (χ4v) is 4.30. The maximum atomic E-state index is 13.0. The predicted molar refractivity (Wildman–Crippen MR) is 101 cm³/mol. The molecule has 2 aromatic heterocycles. The van der Waals surface area contributed by atoms with Gasteiger partial charge in [0.2, 0.25) is 11.8 Å². The number of rotatable bonds is 4. The van der Waals surface area contributed by atoms with E-state index in [1.54, 1.807) is 23.5 Å². The maximum absolute atomic E-state index is 13.0. The molecule has 0 radical (unpaired) electrons. The fourth-order valence-electron chi connectivity index (χ4n) is 2.83. The zero-order chi connectivity index (χ0) is 18.1. The van der Waals surface area contributed by atoms with Gasteiger partial charge in [0.15, 0.2) is 5.13 Å². The molecule has 1 aliphatic heterocycles. The average Bonchev–Trinajstić information content (AvgIpc) is 3.36. The molecule has 1 saturated heterocycles. The first-order chi connectivity index (χ1) is 12.6. The van der Waals surface area contributed by atoms with Crippen molar-refractivity contribution in [1.29, 1.82) is 0 Å². The van der Waals surface area contributed by atoms with E-state index in [-0.39, 0.29) is 30.6 Å². The van der Waals surface area contributed by atoms with Crippen LogP contribution in [0.2, 0.25) is 0 Å². The largest absolute Gasteiger partial charge is 0.312 e. The van der Waals surface area contributed by atoms with E-state index < -0.39 is 5.92 Å². The SMILES string of the molecule is O=C(Nc1nc(-c2cccs2)cs1)C1CC(=O)N(c2ccc(F)cc2)C1. The highest BCUT2D eigenvalue weighted by Crippen LogP contribution is 2.30. The summed E-state index contributed by atoms with van der Waals surface area (Å²) in [6.07, 6.45) is 0.131. The van der Waals surface area contributed by atoms with Crippen molar-refractivity contribution >= 4 is 45.3 Å². The minimum absolute atomic E-state index is 0.131. The summed E-state index contributed by atoms with van der Waals surface area (Å²) in [7, 11) is 0. The van der Waals surface area contributed by atoms with E-state index in [2.05, 4.69) is 10.3 Å². The van der Waals surface area contributed by atoms with E-state index in [0.29, 0.717) is 10.8 Å². The Morgan fingerprint density at radius 1 is 1.23 bits per heavy atom. The number of nitrogens with one attached hydrogen (secondary N) is 1. The van der Waals surface area contributed by atoms with E-state index >= 15 is 0 Å². The molecule has 0 saturated carbocycles. The summed E-state index contributed by atoms with van der Waals surface area (Å²) in [4.78, 5) is 31.7. The second kappa shape index (κ2) is 6.97. The molecule has 1 aliphatic rings. The molecule has 1 unspecified atom stereocenters. The third-order valence-electron chi connectivity index (χ3n) is 4.14. The van der Waals surface area contributed by atoms with Gasteiger partial charge in [-0.15, -0.1) is 22.7 Å². The Morgan fingerprint density at radius 3 is 2.77 bits per heavy atom. The number of hydrogen-bond acceptors (Lipinski definition) is 5. The molecule has 8 heteroatoms. The van der Waals surface area contributed by atoms with Gasteiger partial charge in [0.25, 0.3) is 0 Å². The Hall–Kier alpha value is -2.58. The van der Waals surface area contributed by atoms with Gasteiger partial charge in [0.05, 0.1) is 16.5 Å². The molecule has 3 heterocycles. The second-order valence-corrected chi connectivity index (χ2v) is 7.69. The highest BCUT2D eigenvalue weighted by Gasteiger charge is 2.35. The van der Waals surface area contributed by atoms with Crippen LogP contribution in [0.3, 0.4) is 0 Å². The van der Waals surface area contributed by atoms with Gasteiger partial charge in [-0.1, -0.05) is 6.07 Å². The first-order valence-electron chi connectivity index (χ1n) is 7.96. The predicted octanol–water partition coefficient (Wildman–Crippen LogP) is 4.00. The van der Waals surface area contributed by atoms with Crippen molar-refractivity contribution in [3.05, 3.63) is 53.0 Å². The van der Waals surface area contributed by atoms with E-state index in [0.717, 1.165) is 10.6 Å². The van der Waals surface area contributed by atoms with Crippen LogP contribution in [0.15, 0.2) is 47.2 Å². The van der Waals surface area contributed by atoms with Crippen LogP contribution in [0.1, 0.15) is 6.42 Å². The van der Waals surface area contributed by atoms with Crippen molar-refractivity contribution in [2.45, 2.75) is 6.42 Å². The minimum Gasteiger partial charge on any atom is -0.312 e. The number of hydrogen-bond donors (Lipinski definition) is 1. The van der Waals surface area contributed by atoms with Gasteiger partial charge in [0.1, 0.15) is 5.82 Å². The Labute approximate surface area is 157 Å². The molecule has 4 rings (SSSR count). The van der Waals surface area contributed by atoms with Crippen LogP contribution in [-0.2, 0) is 9.59 Å². The first-order valence-corrected chi connectivity index (χ1v) is 9.72. The van der Waals surface area contributed by atoms with Crippen LogP contribution < -0.4 is 10.2 Å². The molecule has 3 aromatic rings. The van der Waals surface area contributed by atoms with Crippen molar-refractivity contribution in [2.24, 2.45) is 5.92 Å². The summed E-state index contributed by atoms with van der Waals surface area (Å²) < 4.78 is 13.0. The third kappa shape index (κ3) is 3.38. The van der Waals surface area contributed by atoms with Gasteiger partial charge in [0, 0.05) is 24.0 Å². The van der Waals surface area contributed by atoms with Crippen LogP contribution in [0.5, 0.6) is 0 Å². The number of carbonyl (C=O) groups is 2. The van der Waals surface area contributed by atoms with Gasteiger partial charge in [-0.2, -0.15) is 0 Å². The van der Waals surface area contributed by atoms with Crippen LogP contribution in [0.25, 0.3) is 10.6 Å². The summed E-state index contributed by atoms with van der Waals surface area (Å²) in [6.45, 7) is 0.277. The van der Waals surface area contributed by atoms with E-state index in [1.165, 1.54) is 28.4 Å². The van der Waals surface area contributed by atoms with E-state index in [4.69, 9.17) is 0 Å². The van der Waals surface area contributed by atoms with Crippen LogP contribution >= 0.6 is 22.7 Å². The van der Waals surface area contributed by atoms with Gasteiger partial charge in [-0.05, 0) is 35.7 Å².